The molecule has 5 N–H and O–H groups in total. The van der Waals surface area contributed by atoms with Crippen LogP contribution in [0, 0.1) is 0 Å². The number of benzene rings is 1. The fourth-order valence-corrected chi connectivity index (χ4v) is 5.13. The van der Waals surface area contributed by atoms with Gasteiger partial charge in [-0.1, -0.05) is 0 Å². The summed E-state index contributed by atoms with van der Waals surface area (Å²) in [5, 5.41) is 41.5. The molecule has 1 saturated heterocycles. The van der Waals surface area contributed by atoms with E-state index in [0.717, 1.165) is 6.07 Å². The van der Waals surface area contributed by atoms with Gasteiger partial charge < -0.3 is 20.4 Å². The molecule has 1 amide bonds. The number of carbonyl (C=O) groups excluding carboxylic acids is 1. The van der Waals surface area contributed by atoms with E-state index in [2.05, 4.69) is 9.40 Å². The molecule has 1 aliphatic rings. The van der Waals surface area contributed by atoms with Crippen LogP contribution >= 0.6 is 0 Å². The molecule has 2 heterocycles. The van der Waals surface area contributed by atoms with E-state index in [-0.39, 0.29) is 44.2 Å². The van der Waals surface area contributed by atoms with Crippen LogP contribution in [0.25, 0.3) is 0 Å². The van der Waals surface area contributed by atoms with Gasteiger partial charge in [-0.05, 0) is 0 Å². The van der Waals surface area contributed by atoms with E-state index >= 15 is 0 Å². The standard InChI is InChI=1S/C20H23F2NO7Te/c21-19(22)12-8-10(23-15(25)6-4-11-2-1-7-31-11)3-5-13(12)29-20-18(28)17(27)16(26)14(9-24)30-20/h1-3,5,7-8,14,16-20,24,26-28H,4,6,9H2,(H,23,25)/t14?,16-,17-,18?,20+/m0/s1. The van der Waals surface area contributed by atoms with Crippen LogP contribution in [-0.2, 0) is 16.0 Å². The molecule has 0 spiro atoms. The zero-order valence-electron chi connectivity index (χ0n) is 16.2. The Morgan fingerprint density at radius 1 is 1.19 bits per heavy atom. The summed E-state index contributed by atoms with van der Waals surface area (Å²) in [4.78, 5) is 12.1. The Kier molecular flexibility index (Phi) is 8.41. The fourth-order valence-electron chi connectivity index (χ4n) is 3.11. The predicted molar refractivity (Wildman–Crippen MR) is 106 cm³/mol. The van der Waals surface area contributed by atoms with Crippen LogP contribution in [0.4, 0.5) is 14.5 Å². The molecule has 0 saturated carbocycles. The maximum atomic E-state index is 13.6. The van der Waals surface area contributed by atoms with E-state index in [0.29, 0.717) is 6.42 Å². The van der Waals surface area contributed by atoms with Gasteiger partial charge in [-0.3, -0.25) is 0 Å². The molecule has 1 aromatic heterocycles. The van der Waals surface area contributed by atoms with Crippen molar-refractivity contribution in [1.29, 1.82) is 0 Å². The van der Waals surface area contributed by atoms with Gasteiger partial charge in [0, 0.05) is 0 Å². The average Bonchev–Trinajstić information content (AvgIpc) is 3.27. The number of nitrogens with one attached hydrogen (secondary N) is 1. The summed E-state index contributed by atoms with van der Waals surface area (Å²) in [7, 11) is 0. The molecule has 11 heteroatoms. The third-order valence-electron chi connectivity index (χ3n) is 4.80. The number of rotatable bonds is 8. The summed E-state index contributed by atoms with van der Waals surface area (Å²) in [6, 6.07) is 7.59. The number of ether oxygens (including phenoxy) is 2. The second-order valence-corrected chi connectivity index (χ2v) is 9.94. The number of halogens is 2. The molecule has 2 unspecified atom stereocenters. The Labute approximate surface area is 186 Å². The van der Waals surface area contributed by atoms with Crippen molar-refractivity contribution in [1.82, 2.24) is 0 Å². The Hall–Kier alpha value is -1.58. The van der Waals surface area contributed by atoms with Gasteiger partial charge in [0.15, 0.2) is 0 Å². The molecule has 5 atom stereocenters. The van der Waals surface area contributed by atoms with Gasteiger partial charge in [0.2, 0.25) is 0 Å². The molecule has 0 radical (unpaired) electrons. The normalized spacial score (nSPS) is 26.1. The van der Waals surface area contributed by atoms with E-state index in [4.69, 9.17) is 9.47 Å². The summed E-state index contributed by atoms with van der Waals surface area (Å²) in [5.41, 5.74) is -0.388. The molecule has 2 aromatic rings. The summed E-state index contributed by atoms with van der Waals surface area (Å²) >= 11 is -0.329. The van der Waals surface area contributed by atoms with Gasteiger partial charge >= 0.3 is 141 Å². The summed E-state index contributed by atoms with van der Waals surface area (Å²) in [6.07, 6.45) is -9.94. The van der Waals surface area contributed by atoms with Gasteiger partial charge in [-0.25, -0.2) is 0 Å². The Morgan fingerprint density at radius 3 is 2.61 bits per heavy atom. The Balaban J connectivity index is 1.69. The van der Waals surface area contributed by atoms with Gasteiger partial charge in [0.1, 0.15) is 18.3 Å². The molecule has 3 rings (SSSR count). The quantitative estimate of drug-likeness (QED) is 0.299. The zero-order valence-corrected chi connectivity index (χ0v) is 18.6. The fraction of sp³-hybridized carbons (Fsp3) is 0.450. The van der Waals surface area contributed by atoms with Crippen LogP contribution in [0.5, 0.6) is 5.75 Å². The van der Waals surface area contributed by atoms with Crippen LogP contribution in [-0.4, -0.2) is 84.1 Å². The first kappa shape index (κ1) is 24.1. The Morgan fingerprint density at radius 2 is 1.97 bits per heavy atom. The molecular formula is C20H23F2NO7Te. The predicted octanol–water partition coefficient (Wildman–Crippen LogP) is 0.431. The van der Waals surface area contributed by atoms with E-state index in [1.165, 1.54) is 15.7 Å². The van der Waals surface area contributed by atoms with Gasteiger partial charge in [-0.2, -0.15) is 0 Å². The third-order valence-corrected chi connectivity index (χ3v) is 7.47. The first-order valence-corrected chi connectivity index (χ1v) is 12.0. The van der Waals surface area contributed by atoms with Gasteiger partial charge in [0.05, 0.1) is 6.61 Å². The summed E-state index contributed by atoms with van der Waals surface area (Å²) in [6.45, 7) is -0.674. The van der Waals surface area contributed by atoms with Crippen LogP contribution < -0.4 is 10.1 Å². The van der Waals surface area contributed by atoms with Gasteiger partial charge in [-0.15, -0.1) is 0 Å². The van der Waals surface area contributed by atoms with Crippen LogP contribution in [0.1, 0.15) is 22.0 Å². The Bertz CT molecular complexity index is 865. The molecule has 8 nitrogen and oxygen atoms in total. The number of aryl methyl sites for hydroxylation is 1. The van der Waals surface area contributed by atoms with Crippen molar-refractivity contribution in [2.75, 3.05) is 11.9 Å². The first-order chi connectivity index (χ1) is 14.8. The average molecular weight is 555 g/mol. The molecule has 0 bridgehead atoms. The molecular weight excluding hydrogens is 532 g/mol. The SMILES string of the molecule is O=C(CCc1ccc[te]1)Nc1ccc(O[C@@H]2OC(CO)[C@H](O)[C@H](O)C2O)c(C(F)F)c1. The van der Waals surface area contributed by atoms with Crippen molar-refractivity contribution < 1.29 is 43.5 Å². The number of hydrogen-bond acceptors (Lipinski definition) is 7. The van der Waals surface area contributed by atoms with Crippen molar-refractivity contribution in [3.05, 3.63) is 43.6 Å². The number of amides is 1. The number of hydrogen-bond donors (Lipinski definition) is 5. The van der Waals surface area contributed by atoms with E-state index in [1.807, 2.05) is 12.1 Å². The third kappa shape index (κ3) is 6.02. The number of alkyl halides is 2. The molecule has 1 fully saturated rings. The number of carbonyl (C=O) groups is 1. The van der Waals surface area contributed by atoms with Crippen molar-refractivity contribution in [3.8, 4) is 5.75 Å². The first-order valence-electron chi connectivity index (χ1n) is 9.51. The molecule has 1 aliphatic heterocycles. The van der Waals surface area contributed by atoms with Crippen molar-refractivity contribution in [2.45, 2.75) is 50.0 Å². The van der Waals surface area contributed by atoms with Crippen molar-refractivity contribution >= 4 is 32.0 Å². The maximum absolute atomic E-state index is 13.6. The monoisotopic (exact) mass is 557 g/mol. The van der Waals surface area contributed by atoms with Crippen LogP contribution in [0.2, 0.25) is 0 Å². The second-order valence-electron chi connectivity index (χ2n) is 7.00. The minimum atomic E-state index is -2.96. The summed E-state index contributed by atoms with van der Waals surface area (Å²) in [5.74, 6) is -0.631. The topological polar surface area (TPSA) is 128 Å². The number of aliphatic hydroxyl groups is 4. The molecule has 1 aromatic carbocycles. The number of anilines is 1. The van der Waals surface area contributed by atoms with Crippen molar-refractivity contribution in [2.24, 2.45) is 0 Å². The second kappa shape index (κ2) is 10.8. The van der Waals surface area contributed by atoms with Crippen LogP contribution in [0.3, 0.4) is 0 Å². The molecule has 170 valence electrons. The van der Waals surface area contributed by atoms with Crippen LogP contribution in [0.15, 0.2) is 34.4 Å². The minimum absolute atomic E-state index is 0.163. The summed E-state index contributed by atoms with van der Waals surface area (Å²) < 4.78 is 41.1. The van der Waals surface area contributed by atoms with Gasteiger partial charge in [0.25, 0.3) is 0 Å². The van der Waals surface area contributed by atoms with E-state index < -0.39 is 49.3 Å². The van der Waals surface area contributed by atoms with E-state index in [9.17, 15) is 34.0 Å². The number of aliphatic hydroxyl groups excluding tert-OH is 4. The zero-order chi connectivity index (χ0) is 22.5. The molecule has 31 heavy (non-hydrogen) atoms. The van der Waals surface area contributed by atoms with E-state index in [1.54, 1.807) is 0 Å². The molecule has 0 aliphatic carbocycles. The van der Waals surface area contributed by atoms with Crippen molar-refractivity contribution in [3.63, 3.8) is 0 Å².